The van der Waals surface area contributed by atoms with Gasteiger partial charge in [0.15, 0.2) is 10.4 Å². The first-order valence-corrected chi connectivity index (χ1v) is 6.97. The molecule has 7 nitrogen and oxygen atoms in total. The highest BCUT2D eigenvalue weighted by Crippen LogP contribution is 2.27. The molecule has 8 heteroatoms. The van der Waals surface area contributed by atoms with Gasteiger partial charge in [0, 0.05) is 0 Å². The number of aromatic amines is 1. The summed E-state index contributed by atoms with van der Waals surface area (Å²) in [6, 6.07) is -0.532. The van der Waals surface area contributed by atoms with E-state index in [-0.39, 0.29) is 5.97 Å². The van der Waals surface area contributed by atoms with Gasteiger partial charge in [-0.15, -0.1) is 0 Å². The molecule has 0 spiro atoms. The molecule has 0 aliphatic heterocycles. The predicted molar refractivity (Wildman–Crippen MR) is 79.8 cm³/mol. The molecule has 2 heterocycles. The van der Waals surface area contributed by atoms with Crippen LogP contribution in [0.15, 0.2) is 6.33 Å². The zero-order chi connectivity index (χ0) is 15.6. The van der Waals surface area contributed by atoms with E-state index < -0.39 is 6.04 Å². The lowest BCUT2D eigenvalue weighted by Crippen LogP contribution is -2.23. The van der Waals surface area contributed by atoms with E-state index in [4.69, 9.17) is 21.7 Å². The van der Waals surface area contributed by atoms with Crippen molar-refractivity contribution in [2.24, 2.45) is 5.92 Å². The number of nitrogens with one attached hydrogen (secondary N) is 1. The highest BCUT2D eigenvalue weighted by molar-refractivity contribution is 7.71. The molecular formula is C13H18N4O3S. The first-order valence-electron chi connectivity index (χ1n) is 6.56. The topological polar surface area (TPSA) is 82.0 Å². The zero-order valence-electron chi connectivity index (χ0n) is 12.4. The molecule has 1 atom stereocenters. The summed E-state index contributed by atoms with van der Waals surface area (Å²) in [5, 5.41) is 0. The van der Waals surface area contributed by atoms with Crippen LogP contribution in [0.3, 0.4) is 0 Å². The predicted octanol–water partition coefficient (Wildman–Crippen LogP) is 2.26. The van der Waals surface area contributed by atoms with Crippen LogP contribution in [0.25, 0.3) is 11.2 Å². The van der Waals surface area contributed by atoms with Crippen molar-refractivity contribution < 1.29 is 14.3 Å². The number of hydrogen-bond donors (Lipinski definition) is 1. The molecule has 114 valence electrons. The summed E-state index contributed by atoms with van der Waals surface area (Å²) >= 11 is 5.33. The van der Waals surface area contributed by atoms with Gasteiger partial charge in [0.2, 0.25) is 5.88 Å². The molecule has 2 rings (SSSR count). The number of carbonyl (C=O) groups is 1. The molecule has 2 aromatic heterocycles. The van der Waals surface area contributed by atoms with E-state index >= 15 is 0 Å². The molecule has 0 aliphatic carbocycles. The van der Waals surface area contributed by atoms with Crippen molar-refractivity contribution in [2.75, 3.05) is 14.2 Å². The second kappa shape index (κ2) is 6.21. The number of imidazole rings is 1. The van der Waals surface area contributed by atoms with Crippen LogP contribution in [-0.4, -0.2) is 39.7 Å². The smallest absolute Gasteiger partial charge is 0.329 e. The minimum absolute atomic E-state index is 0.296. The second-order valence-electron chi connectivity index (χ2n) is 5.05. The van der Waals surface area contributed by atoms with Crippen molar-refractivity contribution in [2.45, 2.75) is 26.3 Å². The summed E-state index contributed by atoms with van der Waals surface area (Å²) in [4.78, 5) is 23.4. The van der Waals surface area contributed by atoms with Crippen LogP contribution in [0.1, 0.15) is 26.3 Å². The lowest BCUT2D eigenvalue weighted by Gasteiger charge is -2.18. The standard InChI is InChI=1S/C13H18N4O3S/c1-7(2)5-8(12(18)20-4)17-10-9(16-13(17)21)11(19-3)15-6-14-10/h6-8H,5H2,1-4H3,(H,16,21). The number of carbonyl (C=O) groups excluding carboxylic acids is 1. The number of ether oxygens (including phenoxy) is 2. The minimum atomic E-state index is -0.532. The van der Waals surface area contributed by atoms with Gasteiger partial charge < -0.3 is 14.5 Å². The third-order valence-electron chi connectivity index (χ3n) is 3.14. The first kappa shape index (κ1) is 15.4. The lowest BCUT2D eigenvalue weighted by atomic mass is 10.0. The van der Waals surface area contributed by atoms with Crippen molar-refractivity contribution in [1.82, 2.24) is 19.5 Å². The molecule has 0 aliphatic rings. The Kier molecular flexibility index (Phi) is 4.56. The van der Waals surface area contributed by atoms with Gasteiger partial charge in [0.25, 0.3) is 0 Å². The van der Waals surface area contributed by atoms with Crippen LogP contribution in [0.4, 0.5) is 0 Å². The SMILES string of the molecule is COC(=O)C(CC(C)C)n1c(=S)[nH]c2c(OC)ncnc21. The number of hydrogen-bond acceptors (Lipinski definition) is 6. The van der Waals surface area contributed by atoms with Crippen LogP contribution in [0.5, 0.6) is 5.88 Å². The average Bonchev–Trinajstić information content (AvgIpc) is 2.79. The third kappa shape index (κ3) is 2.90. The number of fused-ring (bicyclic) bond motifs is 1. The second-order valence-corrected chi connectivity index (χ2v) is 5.44. The van der Waals surface area contributed by atoms with Crippen LogP contribution in [-0.2, 0) is 9.53 Å². The van der Waals surface area contributed by atoms with Crippen LogP contribution >= 0.6 is 12.2 Å². The summed E-state index contributed by atoms with van der Waals surface area (Å²) < 4.78 is 12.1. The fraction of sp³-hybridized carbons (Fsp3) is 0.538. The maximum atomic E-state index is 12.1. The molecule has 2 aromatic rings. The first-order chi connectivity index (χ1) is 9.99. The van der Waals surface area contributed by atoms with Crippen molar-refractivity contribution in [3.63, 3.8) is 0 Å². The molecular weight excluding hydrogens is 292 g/mol. The summed E-state index contributed by atoms with van der Waals surface area (Å²) in [7, 11) is 2.88. The van der Waals surface area contributed by atoms with Gasteiger partial charge >= 0.3 is 5.97 Å². The molecule has 0 fully saturated rings. The number of rotatable bonds is 5. The molecule has 21 heavy (non-hydrogen) atoms. The monoisotopic (exact) mass is 310 g/mol. The summed E-state index contributed by atoms with van der Waals surface area (Å²) in [6.07, 6.45) is 1.98. The Morgan fingerprint density at radius 2 is 2.14 bits per heavy atom. The molecule has 0 amide bonds. The van der Waals surface area contributed by atoms with Gasteiger partial charge in [-0.1, -0.05) is 13.8 Å². The lowest BCUT2D eigenvalue weighted by molar-refractivity contribution is -0.145. The van der Waals surface area contributed by atoms with Crippen molar-refractivity contribution in [3.05, 3.63) is 11.1 Å². The van der Waals surface area contributed by atoms with E-state index in [1.165, 1.54) is 20.5 Å². The maximum absolute atomic E-state index is 12.1. The molecule has 0 saturated heterocycles. The van der Waals surface area contributed by atoms with E-state index in [1.54, 1.807) is 4.57 Å². The van der Waals surface area contributed by atoms with Gasteiger partial charge in [-0.3, -0.25) is 4.57 Å². The van der Waals surface area contributed by atoms with E-state index in [0.717, 1.165) is 0 Å². The Hall–Kier alpha value is -1.96. The Bertz CT molecular complexity index is 707. The molecule has 0 aromatic carbocycles. The van der Waals surface area contributed by atoms with Gasteiger partial charge in [-0.05, 0) is 24.6 Å². The highest BCUT2D eigenvalue weighted by Gasteiger charge is 2.26. The molecule has 0 bridgehead atoms. The van der Waals surface area contributed by atoms with Gasteiger partial charge in [0.1, 0.15) is 17.9 Å². The maximum Gasteiger partial charge on any atom is 0.329 e. The Labute approximate surface area is 127 Å². The zero-order valence-corrected chi connectivity index (χ0v) is 13.2. The van der Waals surface area contributed by atoms with Crippen molar-refractivity contribution in [1.29, 1.82) is 0 Å². The van der Waals surface area contributed by atoms with Crippen LogP contribution in [0, 0.1) is 10.7 Å². The van der Waals surface area contributed by atoms with Gasteiger partial charge in [-0.25, -0.2) is 9.78 Å². The van der Waals surface area contributed by atoms with Gasteiger partial charge in [0.05, 0.1) is 14.2 Å². The fourth-order valence-corrected chi connectivity index (χ4v) is 2.57. The average molecular weight is 310 g/mol. The number of esters is 1. The number of aromatic nitrogens is 4. The number of nitrogens with zero attached hydrogens (tertiary/aromatic N) is 3. The van der Waals surface area contributed by atoms with E-state index in [0.29, 0.717) is 34.2 Å². The number of methoxy groups -OCH3 is 2. The molecule has 1 unspecified atom stereocenters. The molecule has 0 saturated carbocycles. The minimum Gasteiger partial charge on any atom is -0.479 e. The van der Waals surface area contributed by atoms with E-state index in [1.807, 2.05) is 13.8 Å². The third-order valence-corrected chi connectivity index (χ3v) is 3.44. The van der Waals surface area contributed by atoms with Crippen molar-refractivity contribution in [3.8, 4) is 5.88 Å². The fourth-order valence-electron chi connectivity index (χ4n) is 2.25. The summed E-state index contributed by atoms with van der Waals surface area (Å²) in [5.74, 6) is 0.334. The highest BCUT2D eigenvalue weighted by atomic mass is 32.1. The van der Waals surface area contributed by atoms with Crippen LogP contribution in [0.2, 0.25) is 0 Å². The summed E-state index contributed by atoms with van der Waals surface area (Å²) in [5.41, 5.74) is 1.10. The largest absolute Gasteiger partial charge is 0.479 e. The van der Waals surface area contributed by atoms with E-state index in [9.17, 15) is 4.79 Å². The van der Waals surface area contributed by atoms with Crippen molar-refractivity contribution >= 4 is 29.4 Å². The quantitative estimate of drug-likeness (QED) is 0.674. The molecule has 1 N–H and O–H groups in total. The Morgan fingerprint density at radius 1 is 1.43 bits per heavy atom. The van der Waals surface area contributed by atoms with Crippen LogP contribution < -0.4 is 4.74 Å². The Balaban J connectivity index is 2.65. The summed E-state index contributed by atoms with van der Waals surface area (Å²) in [6.45, 7) is 4.06. The molecule has 0 radical (unpaired) electrons. The Morgan fingerprint density at radius 3 is 2.71 bits per heavy atom. The number of H-pyrrole nitrogens is 1. The van der Waals surface area contributed by atoms with Gasteiger partial charge in [-0.2, -0.15) is 4.98 Å². The van der Waals surface area contributed by atoms with E-state index in [2.05, 4.69) is 15.0 Å². The normalized spacial score (nSPS) is 12.6.